The normalized spacial score (nSPS) is 11.3. The second-order valence-corrected chi connectivity index (χ2v) is 7.37. The molecule has 0 aliphatic rings. The number of nitrogens with zero attached hydrogens (tertiary/aromatic N) is 2. The summed E-state index contributed by atoms with van der Waals surface area (Å²) in [6.45, 7) is 1.71. The van der Waals surface area contributed by atoms with Gasteiger partial charge in [0.25, 0.3) is 0 Å². The van der Waals surface area contributed by atoms with Crippen molar-refractivity contribution < 1.29 is 9.18 Å². The molecule has 3 rings (SSSR count). The third-order valence-electron chi connectivity index (χ3n) is 4.50. The van der Waals surface area contributed by atoms with Crippen LogP contribution in [-0.2, 0) is 17.8 Å². The van der Waals surface area contributed by atoms with Crippen molar-refractivity contribution in [2.24, 2.45) is 0 Å². The van der Waals surface area contributed by atoms with E-state index in [4.69, 9.17) is 11.6 Å². The van der Waals surface area contributed by atoms with Crippen LogP contribution in [0.2, 0.25) is 5.02 Å². The Morgan fingerprint density at radius 2 is 1.96 bits per heavy atom. The van der Waals surface area contributed by atoms with E-state index in [1.54, 1.807) is 11.0 Å². The summed E-state index contributed by atoms with van der Waals surface area (Å²) in [5.74, 6) is -0.280. The molecule has 0 saturated carbocycles. The SMILES string of the molecule is CN(C)CCN(Cc1cccc(F)c1)C(=O)Cc1c[nH]c2cc(Cl)ccc12. The van der Waals surface area contributed by atoms with E-state index < -0.39 is 0 Å². The minimum atomic E-state index is -0.291. The summed E-state index contributed by atoms with van der Waals surface area (Å²) in [7, 11) is 3.93. The van der Waals surface area contributed by atoms with Gasteiger partial charge in [0.05, 0.1) is 6.42 Å². The first-order chi connectivity index (χ1) is 12.9. The summed E-state index contributed by atoms with van der Waals surface area (Å²) in [5, 5.41) is 1.65. The van der Waals surface area contributed by atoms with Crippen molar-refractivity contribution >= 4 is 28.4 Å². The van der Waals surface area contributed by atoms with Crippen LogP contribution in [0.15, 0.2) is 48.7 Å². The lowest BCUT2D eigenvalue weighted by atomic mass is 10.1. The molecule has 4 nitrogen and oxygen atoms in total. The molecule has 6 heteroatoms. The van der Waals surface area contributed by atoms with Crippen molar-refractivity contribution in [2.45, 2.75) is 13.0 Å². The molecule has 0 unspecified atom stereocenters. The van der Waals surface area contributed by atoms with E-state index in [-0.39, 0.29) is 18.1 Å². The van der Waals surface area contributed by atoms with E-state index in [1.807, 2.05) is 49.5 Å². The molecule has 0 aliphatic heterocycles. The number of fused-ring (bicyclic) bond motifs is 1. The van der Waals surface area contributed by atoms with Gasteiger partial charge in [0.2, 0.25) is 5.91 Å². The average Bonchev–Trinajstić information content (AvgIpc) is 3.00. The van der Waals surface area contributed by atoms with Crippen LogP contribution in [0.25, 0.3) is 10.9 Å². The second kappa shape index (κ2) is 8.55. The molecule has 142 valence electrons. The Labute approximate surface area is 163 Å². The number of halogens is 2. The van der Waals surface area contributed by atoms with Crippen LogP contribution in [0.4, 0.5) is 4.39 Å². The number of aromatic amines is 1. The Bertz CT molecular complexity index is 938. The lowest BCUT2D eigenvalue weighted by Gasteiger charge is -2.24. The number of carbonyl (C=O) groups is 1. The monoisotopic (exact) mass is 387 g/mol. The van der Waals surface area contributed by atoms with E-state index in [0.29, 0.717) is 18.1 Å². The number of hydrogen-bond acceptors (Lipinski definition) is 2. The Kier molecular flexibility index (Phi) is 6.14. The highest BCUT2D eigenvalue weighted by molar-refractivity contribution is 6.31. The summed E-state index contributed by atoms with van der Waals surface area (Å²) >= 11 is 6.03. The van der Waals surface area contributed by atoms with E-state index in [0.717, 1.165) is 28.6 Å². The van der Waals surface area contributed by atoms with Gasteiger partial charge in [-0.1, -0.05) is 29.8 Å². The maximum atomic E-state index is 13.5. The highest BCUT2D eigenvalue weighted by atomic mass is 35.5. The molecule has 1 N–H and O–H groups in total. The fourth-order valence-electron chi connectivity index (χ4n) is 3.05. The van der Waals surface area contributed by atoms with Gasteiger partial charge in [-0.3, -0.25) is 4.79 Å². The second-order valence-electron chi connectivity index (χ2n) is 6.93. The molecule has 1 amide bonds. The van der Waals surface area contributed by atoms with Crippen molar-refractivity contribution in [3.05, 3.63) is 70.6 Å². The molecule has 0 radical (unpaired) electrons. The number of amides is 1. The van der Waals surface area contributed by atoms with Crippen LogP contribution in [0.5, 0.6) is 0 Å². The van der Waals surface area contributed by atoms with E-state index in [9.17, 15) is 9.18 Å². The molecule has 1 aromatic heterocycles. The highest BCUT2D eigenvalue weighted by Gasteiger charge is 2.17. The maximum Gasteiger partial charge on any atom is 0.227 e. The minimum absolute atomic E-state index is 0.0111. The number of rotatable bonds is 7. The van der Waals surface area contributed by atoms with Gasteiger partial charge in [0, 0.05) is 41.8 Å². The predicted octanol–water partition coefficient (Wildman–Crippen LogP) is 4.09. The van der Waals surface area contributed by atoms with Crippen LogP contribution in [0, 0.1) is 5.82 Å². The molecule has 0 bridgehead atoms. The summed E-state index contributed by atoms with van der Waals surface area (Å²) in [4.78, 5) is 20.0. The van der Waals surface area contributed by atoms with Crippen molar-refractivity contribution in [1.29, 1.82) is 0 Å². The standard InChI is InChI=1S/C21H23ClFN3O/c1-25(2)8-9-26(14-15-4-3-5-18(23)10-15)21(27)11-16-13-24-20-12-17(22)6-7-19(16)20/h3-7,10,12-13,24H,8-9,11,14H2,1-2H3. The fraction of sp³-hybridized carbons (Fsp3) is 0.286. The topological polar surface area (TPSA) is 39.3 Å². The van der Waals surface area contributed by atoms with Crippen LogP contribution < -0.4 is 0 Å². The Morgan fingerprint density at radius 3 is 2.70 bits per heavy atom. The maximum absolute atomic E-state index is 13.5. The molecule has 27 heavy (non-hydrogen) atoms. The number of nitrogens with one attached hydrogen (secondary N) is 1. The first-order valence-corrected chi connectivity index (χ1v) is 9.22. The molecule has 0 spiro atoms. The first kappa shape index (κ1) is 19.4. The quantitative estimate of drug-likeness (QED) is 0.663. The van der Waals surface area contributed by atoms with Crippen LogP contribution in [0.3, 0.4) is 0 Å². The number of carbonyl (C=O) groups excluding carboxylic acids is 1. The van der Waals surface area contributed by atoms with Gasteiger partial charge >= 0.3 is 0 Å². The van der Waals surface area contributed by atoms with Gasteiger partial charge < -0.3 is 14.8 Å². The van der Waals surface area contributed by atoms with E-state index in [1.165, 1.54) is 12.1 Å². The predicted molar refractivity (Wildman–Crippen MR) is 107 cm³/mol. The summed E-state index contributed by atoms with van der Waals surface area (Å²) in [6.07, 6.45) is 2.13. The molecule has 3 aromatic rings. The number of likely N-dealkylation sites (N-methyl/N-ethyl adjacent to an activating group) is 1. The van der Waals surface area contributed by atoms with Gasteiger partial charge in [-0.2, -0.15) is 0 Å². The Morgan fingerprint density at radius 1 is 1.15 bits per heavy atom. The van der Waals surface area contributed by atoms with Crippen LogP contribution in [-0.4, -0.2) is 47.9 Å². The zero-order chi connectivity index (χ0) is 19.4. The number of hydrogen-bond donors (Lipinski definition) is 1. The molecule has 2 aromatic carbocycles. The lowest BCUT2D eigenvalue weighted by molar-refractivity contribution is -0.131. The summed E-state index contributed by atoms with van der Waals surface area (Å²) in [6, 6.07) is 12.0. The molecule has 1 heterocycles. The van der Waals surface area contributed by atoms with Gasteiger partial charge in [-0.05, 0) is 49.5 Å². The smallest absolute Gasteiger partial charge is 0.227 e. The van der Waals surface area contributed by atoms with Gasteiger partial charge in [0.1, 0.15) is 5.82 Å². The van der Waals surface area contributed by atoms with Gasteiger partial charge in [-0.15, -0.1) is 0 Å². The van der Waals surface area contributed by atoms with E-state index in [2.05, 4.69) is 4.98 Å². The van der Waals surface area contributed by atoms with Gasteiger partial charge in [-0.25, -0.2) is 4.39 Å². The molecule has 0 fully saturated rings. The zero-order valence-electron chi connectivity index (χ0n) is 15.5. The molecular formula is C21H23ClFN3O. The fourth-order valence-corrected chi connectivity index (χ4v) is 3.22. The summed E-state index contributed by atoms with van der Waals surface area (Å²) < 4.78 is 13.5. The van der Waals surface area contributed by atoms with E-state index >= 15 is 0 Å². The Hall–Kier alpha value is -2.37. The lowest BCUT2D eigenvalue weighted by Crippen LogP contribution is -2.37. The third-order valence-corrected chi connectivity index (χ3v) is 4.74. The van der Waals surface area contributed by atoms with Gasteiger partial charge in [0.15, 0.2) is 0 Å². The van der Waals surface area contributed by atoms with Crippen molar-refractivity contribution in [2.75, 3.05) is 27.2 Å². The third kappa shape index (κ3) is 5.08. The molecule has 0 aliphatic carbocycles. The van der Waals surface area contributed by atoms with Crippen molar-refractivity contribution in [3.63, 3.8) is 0 Å². The largest absolute Gasteiger partial charge is 0.361 e. The number of aromatic nitrogens is 1. The number of H-pyrrole nitrogens is 1. The molecule has 0 saturated heterocycles. The average molecular weight is 388 g/mol. The number of benzene rings is 2. The summed E-state index contributed by atoms with van der Waals surface area (Å²) in [5.41, 5.74) is 2.63. The van der Waals surface area contributed by atoms with Crippen molar-refractivity contribution in [3.8, 4) is 0 Å². The molecular weight excluding hydrogens is 365 g/mol. The highest BCUT2D eigenvalue weighted by Crippen LogP contribution is 2.23. The minimum Gasteiger partial charge on any atom is -0.361 e. The van der Waals surface area contributed by atoms with Crippen LogP contribution >= 0.6 is 11.6 Å². The Balaban J connectivity index is 1.78. The molecule has 0 atom stereocenters. The zero-order valence-corrected chi connectivity index (χ0v) is 16.3. The first-order valence-electron chi connectivity index (χ1n) is 8.85. The van der Waals surface area contributed by atoms with Crippen LogP contribution in [0.1, 0.15) is 11.1 Å². The van der Waals surface area contributed by atoms with Crippen molar-refractivity contribution in [1.82, 2.24) is 14.8 Å².